The quantitative estimate of drug-likeness (QED) is 0.0740. The summed E-state index contributed by atoms with van der Waals surface area (Å²) in [6.45, 7) is 0. The van der Waals surface area contributed by atoms with E-state index in [0.717, 1.165) is 24.3 Å². The van der Waals surface area contributed by atoms with Crippen LogP contribution in [-0.4, -0.2) is 75.2 Å². The minimum atomic E-state index is -5.32. The number of rotatable bonds is 10. The van der Waals surface area contributed by atoms with Gasteiger partial charge in [-0.05, 0) is 53.9 Å². The molecule has 0 aliphatic heterocycles. The van der Waals surface area contributed by atoms with E-state index in [0.29, 0.717) is 24.3 Å². The minimum Gasteiger partial charge on any atom is -0.505 e. The molecule has 4 aromatic carbocycles. The molecule has 20 nitrogen and oxygen atoms in total. The number of halogens is 1. The highest BCUT2D eigenvalue weighted by molar-refractivity contribution is 7.86. The van der Waals surface area contributed by atoms with Crippen molar-refractivity contribution in [3.8, 4) is 11.8 Å². The van der Waals surface area contributed by atoms with Gasteiger partial charge in [0.15, 0.2) is 5.75 Å². The topological polar surface area (TPSA) is 328 Å². The third-order valence-corrected chi connectivity index (χ3v) is 8.95. The van der Waals surface area contributed by atoms with E-state index in [4.69, 9.17) is 0 Å². The maximum Gasteiger partial charge on any atom is 0.337 e. The standard InChI is InChI=1S/C26H18FN7O13S3/c27-12-4-5-16(23(36)37)17(8-12)33-34-21-19(50(45,46)47)7-11-6-15(49(42,43)44)10-18(20(11)22(21)35)29-25-30-24(31-26(38)32-25)28-13-2-1-3-14(9-13)48(39,40)41/h1-10,35H,(H,36,37)(H,39,40,41)(H,42,43,44)(H,45,46,47)(H3,28,29,30,31,32,38). The number of anilines is 4. The number of benzene rings is 4. The number of nitrogens with zero attached hydrogens (tertiary/aromatic N) is 5. The van der Waals surface area contributed by atoms with E-state index in [2.05, 4.69) is 35.8 Å². The Kier molecular flexibility index (Phi) is 9.09. The van der Waals surface area contributed by atoms with Crippen LogP contribution in [0.25, 0.3) is 10.8 Å². The molecule has 0 bridgehead atoms. The van der Waals surface area contributed by atoms with E-state index in [1.807, 2.05) is 0 Å². The van der Waals surface area contributed by atoms with Crippen LogP contribution in [0.5, 0.6) is 11.8 Å². The van der Waals surface area contributed by atoms with Gasteiger partial charge in [-0.3, -0.25) is 13.7 Å². The first kappa shape index (κ1) is 35.4. The average molecular weight is 752 g/mol. The average Bonchev–Trinajstić information content (AvgIpc) is 2.98. The summed E-state index contributed by atoms with van der Waals surface area (Å²) < 4.78 is 115. The highest BCUT2D eigenvalue weighted by atomic mass is 32.2. The summed E-state index contributed by atoms with van der Waals surface area (Å²) in [6, 6.07) is 7.92. The Morgan fingerprint density at radius 3 is 2.02 bits per heavy atom. The van der Waals surface area contributed by atoms with Gasteiger partial charge in [-0.2, -0.15) is 40.2 Å². The van der Waals surface area contributed by atoms with Crippen molar-refractivity contribution < 1.29 is 63.4 Å². The van der Waals surface area contributed by atoms with Gasteiger partial charge in [0.1, 0.15) is 22.1 Å². The Morgan fingerprint density at radius 1 is 0.740 bits per heavy atom. The predicted octanol–water partition coefficient (Wildman–Crippen LogP) is 3.92. The minimum absolute atomic E-state index is 0.00904. The fraction of sp³-hybridized carbons (Fsp3) is 0. The first-order chi connectivity index (χ1) is 23.2. The van der Waals surface area contributed by atoms with Crippen molar-refractivity contribution in [3.63, 3.8) is 0 Å². The van der Waals surface area contributed by atoms with Crippen LogP contribution in [0.2, 0.25) is 0 Å². The summed E-state index contributed by atoms with van der Waals surface area (Å²) in [5, 5.41) is 42.0. The second kappa shape index (κ2) is 12.8. The van der Waals surface area contributed by atoms with E-state index in [-0.39, 0.29) is 5.69 Å². The maximum atomic E-state index is 13.9. The maximum absolute atomic E-state index is 13.9. The van der Waals surface area contributed by atoms with Crippen molar-refractivity contribution in [2.45, 2.75) is 14.7 Å². The van der Waals surface area contributed by atoms with E-state index in [1.165, 1.54) is 12.1 Å². The number of carboxylic acid groups (broad SMARTS) is 1. The lowest BCUT2D eigenvalue weighted by molar-refractivity contribution is 0.0697. The number of hydrogen-bond donors (Lipinski definition) is 8. The number of nitrogens with one attached hydrogen (secondary N) is 2. The summed E-state index contributed by atoms with van der Waals surface area (Å²) in [5.41, 5.74) is -2.80. The Bertz CT molecular complexity index is 2600. The van der Waals surface area contributed by atoms with Gasteiger partial charge in [0.2, 0.25) is 11.9 Å². The molecule has 0 aliphatic carbocycles. The van der Waals surface area contributed by atoms with Gasteiger partial charge < -0.3 is 26.0 Å². The van der Waals surface area contributed by atoms with Crippen LogP contribution < -0.4 is 10.6 Å². The predicted molar refractivity (Wildman–Crippen MR) is 167 cm³/mol. The number of hydrogen-bond acceptors (Lipinski definition) is 16. The molecular formula is C26H18FN7O13S3. The molecule has 0 fully saturated rings. The van der Waals surface area contributed by atoms with E-state index < -0.39 is 114 Å². The molecule has 5 aromatic rings. The smallest absolute Gasteiger partial charge is 0.337 e. The summed E-state index contributed by atoms with van der Waals surface area (Å²) in [7, 11) is -15.0. The molecule has 24 heteroatoms. The molecule has 0 spiro atoms. The molecule has 8 N–H and O–H groups in total. The van der Waals surface area contributed by atoms with Gasteiger partial charge in [0, 0.05) is 17.1 Å². The number of phenols is 1. The second-order valence-corrected chi connectivity index (χ2v) is 14.0. The lowest BCUT2D eigenvalue weighted by atomic mass is 10.1. The number of aromatic nitrogens is 3. The molecule has 1 heterocycles. The van der Waals surface area contributed by atoms with Crippen LogP contribution in [0.15, 0.2) is 85.6 Å². The van der Waals surface area contributed by atoms with Gasteiger partial charge in [-0.15, -0.1) is 10.2 Å². The SMILES string of the molecule is O=C(O)c1ccc(F)cc1N=Nc1c(S(=O)(=O)O)cc2cc(S(=O)(=O)O)cc(Nc3nc(O)nc(Nc4cccc(S(=O)(=O)O)c4)n3)c2c1O. The molecule has 0 saturated heterocycles. The number of phenolic OH excluding ortho intramolecular Hbond substituents is 1. The number of carbonyl (C=O) groups is 1. The zero-order chi connectivity index (χ0) is 36.8. The first-order valence-corrected chi connectivity index (χ1v) is 17.3. The largest absolute Gasteiger partial charge is 0.505 e. The van der Waals surface area contributed by atoms with Crippen molar-refractivity contribution in [2.24, 2.45) is 10.2 Å². The van der Waals surface area contributed by atoms with Crippen molar-refractivity contribution in [3.05, 3.63) is 72.0 Å². The number of fused-ring (bicyclic) bond motifs is 1. The Labute approximate surface area is 278 Å². The molecule has 1 aromatic heterocycles. The number of azo groups is 1. The van der Waals surface area contributed by atoms with Crippen LogP contribution >= 0.6 is 0 Å². The number of aromatic hydroxyl groups is 2. The summed E-state index contributed by atoms with van der Waals surface area (Å²) in [6.07, 6.45) is 0. The van der Waals surface area contributed by atoms with Crippen LogP contribution in [0.4, 0.5) is 39.0 Å². The molecule has 260 valence electrons. The molecule has 5 rings (SSSR count). The fourth-order valence-electron chi connectivity index (χ4n) is 4.33. The number of carboxylic acids is 1. The van der Waals surface area contributed by atoms with Gasteiger partial charge in [0.05, 0.1) is 21.0 Å². The van der Waals surface area contributed by atoms with Crippen LogP contribution in [0, 0.1) is 5.82 Å². The van der Waals surface area contributed by atoms with Crippen molar-refractivity contribution in [1.29, 1.82) is 0 Å². The Balaban J connectivity index is 1.70. The number of aromatic carboxylic acids is 1. The Hall–Kier alpha value is -5.92. The van der Waals surface area contributed by atoms with Crippen LogP contribution in [0.3, 0.4) is 0 Å². The highest BCUT2D eigenvalue weighted by Crippen LogP contribution is 2.46. The molecule has 0 amide bonds. The van der Waals surface area contributed by atoms with E-state index in [9.17, 15) is 63.4 Å². The van der Waals surface area contributed by atoms with Crippen molar-refractivity contribution in [1.82, 2.24) is 15.0 Å². The van der Waals surface area contributed by atoms with Gasteiger partial charge >= 0.3 is 12.0 Å². The second-order valence-electron chi connectivity index (χ2n) is 9.79. The van der Waals surface area contributed by atoms with E-state index >= 15 is 0 Å². The molecular weight excluding hydrogens is 734 g/mol. The Morgan fingerprint density at radius 2 is 1.40 bits per heavy atom. The van der Waals surface area contributed by atoms with Gasteiger partial charge in [0.25, 0.3) is 30.4 Å². The molecule has 0 aliphatic rings. The van der Waals surface area contributed by atoms with Crippen LogP contribution in [-0.2, 0) is 30.4 Å². The van der Waals surface area contributed by atoms with Gasteiger partial charge in [-0.1, -0.05) is 6.07 Å². The van der Waals surface area contributed by atoms with E-state index in [1.54, 1.807) is 0 Å². The molecule has 0 saturated carbocycles. The highest BCUT2D eigenvalue weighted by Gasteiger charge is 2.26. The van der Waals surface area contributed by atoms with Crippen molar-refractivity contribution >= 4 is 81.7 Å². The summed E-state index contributed by atoms with van der Waals surface area (Å²) >= 11 is 0. The summed E-state index contributed by atoms with van der Waals surface area (Å²) in [4.78, 5) is 20.2. The zero-order valence-corrected chi connectivity index (χ0v) is 26.6. The fourth-order valence-corrected chi connectivity index (χ4v) is 6.06. The summed E-state index contributed by atoms with van der Waals surface area (Å²) in [5.74, 6) is -4.75. The van der Waals surface area contributed by atoms with Gasteiger partial charge in [-0.25, -0.2) is 9.18 Å². The third-order valence-electron chi connectivity index (χ3n) is 6.41. The normalized spacial score (nSPS) is 12.3. The molecule has 0 atom stereocenters. The molecule has 0 radical (unpaired) electrons. The monoisotopic (exact) mass is 751 g/mol. The molecule has 0 unspecified atom stereocenters. The molecule has 50 heavy (non-hydrogen) atoms. The lowest BCUT2D eigenvalue weighted by Crippen LogP contribution is -2.06. The van der Waals surface area contributed by atoms with Crippen LogP contribution in [0.1, 0.15) is 10.4 Å². The zero-order valence-electron chi connectivity index (χ0n) is 24.2. The van der Waals surface area contributed by atoms with Crippen molar-refractivity contribution in [2.75, 3.05) is 10.6 Å². The third kappa shape index (κ3) is 7.69. The first-order valence-electron chi connectivity index (χ1n) is 13.0. The lowest BCUT2D eigenvalue weighted by Gasteiger charge is -2.15.